The number of piperidine rings is 1. The largest absolute Gasteiger partial charge is 0.481 e. The first-order valence-electron chi connectivity index (χ1n) is 12.6. The van der Waals surface area contributed by atoms with Crippen LogP contribution >= 0.6 is 15.9 Å². The third-order valence-corrected chi connectivity index (χ3v) is 8.85. The standard InChI is InChI=1S/C28H33BrN2O3/c29-23-8-5-7-22-21(18-26(33)34)19-28(27(22)23)12-16-31(17-13-28)25(32)11-10-20-6-1-2-9-24(20)30-14-3-4-15-30/h1-2,5-9,21H,3-4,10-19H2,(H,33,34). The Morgan fingerprint density at radius 2 is 1.74 bits per heavy atom. The fourth-order valence-corrected chi connectivity index (χ4v) is 7.35. The summed E-state index contributed by atoms with van der Waals surface area (Å²) in [6, 6.07) is 14.7. The summed E-state index contributed by atoms with van der Waals surface area (Å²) in [7, 11) is 0. The van der Waals surface area contributed by atoms with Crippen LogP contribution in [0.5, 0.6) is 0 Å². The molecule has 1 unspecified atom stereocenters. The van der Waals surface area contributed by atoms with Crippen molar-refractivity contribution in [1.29, 1.82) is 0 Å². The zero-order valence-corrected chi connectivity index (χ0v) is 21.2. The monoisotopic (exact) mass is 524 g/mol. The van der Waals surface area contributed by atoms with Gasteiger partial charge in [0.2, 0.25) is 5.91 Å². The summed E-state index contributed by atoms with van der Waals surface area (Å²) >= 11 is 3.75. The SMILES string of the molecule is O=C(O)CC1CC2(CCN(C(=O)CCc3ccccc3N3CCCC3)CC2)c2c(Br)cccc21. The van der Waals surface area contributed by atoms with Gasteiger partial charge in [0.25, 0.3) is 0 Å². The van der Waals surface area contributed by atoms with Gasteiger partial charge in [-0.1, -0.05) is 46.3 Å². The average molecular weight is 525 g/mol. The van der Waals surface area contributed by atoms with Crippen molar-refractivity contribution in [1.82, 2.24) is 4.90 Å². The van der Waals surface area contributed by atoms with Crippen molar-refractivity contribution in [2.75, 3.05) is 31.1 Å². The fraction of sp³-hybridized carbons (Fsp3) is 0.500. The van der Waals surface area contributed by atoms with E-state index in [0.717, 1.165) is 56.3 Å². The highest BCUT2D eigenvalue weighted by Gasteiger charge is 2.47. The number of hydrogen-bond acceptors (Lipinski definition) is 3. The van der Waals surface area contributed by atoms with Crippen molar-refractivity contribution in [3.63, 3.8) is 0 Å². The highest BCUT2D eigenvalue weighted by molar-refractivity contribution is 9.10. The number of anilines is 1. The van der Waals surface area contributed by atoms with Crippen LogP contribution in [0.1, 0.15) is 67.6 Å². The number of rotatable bonds is 6. The normalized spacial score (nSPS) is 21.1. The quantitative estimate of drug-likeness (QED) is 0.541. The lowest BCUT2D eigenvalue weighted by Gasteiger charge is -2.41. The Morgan fingerprint density at radius 1 is 1.00 bits per heavy atom. The predicted molar refractivity (Wildman–Crippen MR) is 137 cm³/mol. The van der Waals surface area contributed by atoms with Crippen molar-refractivity contribution in [3.05, 3.63) is 63.6 Å². The van der Waals surface area contributed by atoms with E-state index in [-0.39, 0.29) is 23.7 Å². The topological polar surface area (TPSA) is 60.9 Å². The molecule has 180 valence electrons. The Labute approximate surface area is 210 Å². The summed E-state index contributed by atoms with van der Waals surface area (Å²) in [5.74, 6) is -0.456. The zero-order chi connectivity index (χ0) is 23.7. The Bertz CT molecular complexity index is 1070. The van der Waals surface area contributed by atoms with Crippen LogP contribution in [-0.4, -0.2) is 48.1 Å². The van der Waals surface area contributed by atoms with Crippen molar-refractivity contribution in [2.24, 2.45) is 0 Å². The number of aryl methyl sites for hydroxylation is 1. The van der Waals surface area contributed by atoms with E-state index in [1.807, 2.05) is 11.0 Å². The van der Waals surface area contributed by atoms with Gasteiger partial charge in [-0.25, -0.2) is 0 Å². The van der Waals surface area contributed by atoms with E-state index >= 15 is 0 Å². The molecule has 1 amide bonds. The molecule has 2 saturated heterocycles. The minimum absolute atomic E-state index is 0.0331. The van der Waals surface area contributed by atoms with Gasteiger partial charge in [0, 0.05) is 48.2 Å². The van der Waals surface area contributed by atoms with Crippen LogP contribution in [-0.2, 0) is 21.4 Å². The van der Waals surface area contributed by atoms with Crippen LogP contribution in [0.3, 0.4) is 0 Å². The first-order valence-corrected chi connectivity index (χ1v) is 13.4. The second-order valence-corrected chi connectivity index (χ2v) is 11.0. The molecular weight excluding hydrogens is 492 g/mol. The molecule has 0 bridgehead atoms. The van der Waals surface area contributed by atoms with Gasteiger partial charge in [-0.2, -0.15) is 0 Å². The molecule has 5 rings (SSSR count). The van der Waals surface area contributed by atoms with Crippen LogP contribution in [0.4, 0.5) is 5.69 Å². The number of aliphatic carboxylic acids is 1. The maximum Gasteiger partial charge on any atom is 0.303 e. The van der Waals surface area contributed by atoms with Gasteiger partial charge in [-0.05, 0) is 73.3 Å². The summed E-state index contributed by atoms with van der Waals surface area (Å²) in [6.45, 7) is 3.71. The summed E-state index contributed by atoms with van der Waals surface area (Å²) in [5, 5.41) is 9.44. The summed E-state index contributed by atoms with van der Waals surface area (Å²) in [6.07, 6.45) is 6.64. The molecule has 2 aromatic rings. The third-order valence-electron chi connectivity index (χ3n) is 8.19. The summed E-state index contributed by atoms with van der Waals surface area (Å²) in [4.78, 5) is 29.1. The molecule has 1 N–H and O–H groups in total. The molecule has 3 aliphatic rings. The second kappa shape index (κ2) is 9.73. The van der Waals surface area contributed by atoms with E-state index < -0.39 is 5.97 Å². The number of amides is 1. The van der Waals surface area contributed by atoms with E-state index in [1.165, 1.54) is 35.2 Å². The Hall–Kier alpha value is -2.34. The van der Waals surface area contributed by atoms with Crippen LogP contribution in [0, 0.1) is 0 Å². The predicted octanol–water partition coefficient (Wildman–Crippen LogP) is 5.50. The van der Waals surface area contributed by atoms with E-state index in [9.17, 15) is 14.7 Å². The number of fused-ring (bicyclic) bond motifs is 2. The third kappa shape index (κ3) is 4.49. The van der Waals surface area contributed by atoms with Crippen LogP contribution in [0.25, 0.3) is 0 Å². The van der Waals surface area contributed by atoms with Crippen LogP contribution in [0.2, 0.25) is 0 Å². The smallest absolute Gasteiger partial charge is 0.303 e. The molecule has 34 heavy (non-hydrogen) atoms. The number of carbonyl (C=O) groups is 2. The van der Waals surface area contributed by atoms with E-state index in [0.29, 0.717) is 6.42 Å². The van der Waals surface area contributed by atoms with Gasteiger partial charge in [-0.15, -0.1) is 0 Å². The molecule has 2 aliphatic heterocycles. The summed E-state index contributed by atoms with van der Waals surface area (Å²) < 4.78 is 1.08. The Kier molecular flexibility index (Phi) is 6.70. The number of carboxylic acids is 1. The molecule has 1 spiro atoms. The van der Waals surface area contributed by atoms with Crippen molar-refractivity contribution in [2.45, 2.75) is 62.7 Å². The molecule has 2 heterocycles. The first-order chi connectivity index (χ1) is 16.5. The van der Waals surface area contributed by atoms with Crippen molar-refractivity contribution >= 4 is 33.5 Å². The lowest BCUT2D eigenvalue weighted by molar-refractivity contribution is -0.137. The fourth-order valence-electron chi connectivity index (χ4n) is 6.54. The molecule has 2 fully saturated rings. The highest BCUT2D eigenvalue weighted by Crippen LogP contribution is 2.55. The number of carboxylic acid groups (broad SMARTS) is 1. The number of benzene rings is 2. The van der Waals surface area contributed by atoms with Gasteiger partial charge in [0.1, 0.15) is 0 Å². The summed E-state index contributed by atoms with van der Waals surface area (Å²) in [5.41, 5.74) is 5.00. The van der Waals surface area contributed by atoms with Gasteiger partial charge >= 0.3 is 5.97 Å². The maximum atomic E-state index is 13.2. The lowest BCUT2D eigenvalue weighted by Crippen LogP contribution is -2.44. The molecular formula is C28H33BrN2O3. The lowest BCUT2D eigenvalue weighted by atomic mass is 9.73. The Balaban J connectivity index is 1.24. The van der Waals surface area contributed by atoms with Gasteiger partial charge in [0.15, 0.2) is 0 Å². The second-order valence-electron chi connectivity index (χ2n) is 10.2. The molecule has 0 saturated carbocycles. The van der Waals surface area contributed by atoms with E-state index in [2.05, 4.69) is 57.2 Å². The van der Waals surface area contributed by atoms with Crippen LogP contribution in [0.15, 0.2) is 46.9 Å². The number of likely N-dealkylation sites (tertiary alicyclic amines) is 1. The van der Waals surface area contributed by atoms with Gasteiger partial charge in [0.05, 0.1) is 6.42 Å². The Morgan fingerprint density at radius 3 is 2.47 bits per heavy atom. The zero-order valence-electron chi connectivity index (χ0n) is 19.6. The molecule has 1 aliphatic carbocycles. The number of para-hydroxylation sites is 1. The van der Waals surface area contributed by atoms with Crippen molar-refractivity contribution < 1.29 is 14.7 Å². The van der Waals surface area contributed by atoms with Crippen LogP contribution < -0.4 is 4.90 Å². The number of carbonyl (C=O) groups excluding carboxylic acids is 1. The average Bonchev–Trinajstić information content (AvgIpc) is 3.46. The van der Waals surface area contributed by atoms with Gasteiger partial charge < -0.3 is 14.9 Å². The molecule has 0 radical (unpaired) electrons. The molecule has 6 heteroatoms. The minimum Gasteiger partial charge on any atom is -0.481 e. The molecule has 1 atom stereocenters. The van der Waals surface area contributed by atoms with Crippen molar-refractivity contribution in [3.8, 4) is 0 Å². The van der Waals surface area contributed by atoms with Gasteiger partial charge in [-0.3, -0.25) is 9.59 Å². The molecule has 5 nitrogen and oxygen atoms in total. The maximum absolute atomic E-state index is 13.2. The van der Waals surface area contributed by atoms with E-state index in [1.54, 1.807) is 0 Å². The number of hydrogen-bond donors (Lipinski definition) is 1. The number of nitrogens with zero attached hydrogens (tertiary/aromatic N) is 2. The minimum atomic E-state index is -0.741. The molecule has 0 aromatic heterocycles. The van der Waals surface area contributed by atoms with E-state index in [4.69, 9.17) is 0 Å². The first kappa shape index (κ1) is 23.4. The number of halogens is 1. The molecule has 2 aromatic carbocycles. The highest BCUT2D eigenvalue weighted by atomic mass is 79.9.